The number of hydrogen-bond donors (Lipinski definition) is 6. The monoisotopic (exact) mass is 1040 g/mol. The molecule has 8 unspecified atom stereocenters. The van der Waals surface area contributed by atoms with Crippen LogP contribution in [0.2, 0.25) is 0 Å². The summed E-state index contributed by atoms with van der Waals surface area (Å²) in [6, 6.07) is -1.07. The molecular weight excluding hydrogens is 931 g/mol. The number of ether oxygens (including phenoxy) is 3. The van der Waals surface area contributed by atoms with Crippen molar-refractivity contribution in [2.24, 2.45) is 0 Å². The summed E-state index contributed by atoms with van der Waals surface area (Å²) in [6.45, 7) is 5.56. The number of nitrogens with one attached hydrogen (secondary N) is 1. The Bertz CT molecular complexity index is 1610. The summed E-state index contributed by atoms with van der Waals surface area (Å²) in [5, 5.41) is 56.7. The van der Waals surface area contributed by atoms with Crippen LogP contribution in [0.1, 0.15) is 213 Å². The van der Waals surface area contributed by atoms with Crippen molar-refractivity contribution in [3.63, 3.8) is 0 Å². The van der Waals surface area contributed by atoms with Gasteiger partial charge in [-0.25, -0.2) is 0 Å². The molecule has 0 bridgehead atoms. The van der Waals surface area contributed by atoms with E-state index in [1.807, 2.05) is 18.2 Å². The highest BCUT2D eigenvalue weighted by Crippen LogP contribution is 2.26. The quantitative estimate of drug-likeness (QED) is 0.0149. The van der Waals surface area contributed by atoms with Gasteiger partial charge in [0, 0.05) is 12.8 Å². The van der Waals surface area contributed by atoms with E-state index >= 15 is 0 Å². The third-order valence-corrected chi connectivity index (χ3v) is 12.9. The van der Waals surface area contributed by atoms with Crippen LogP contribution < -0.4 is 5.32 Å². The molecule has 422 valence electrons. The maximum Gasteiger partial charge on any atom is 0.306 e. The van der Waals surface area contributed by atoms with Gasteiger partial charge in [-0.3, -0.25) is 9.59 Å². The number of carbonyl (C=O) groups excluding carboxylic acids is 2. The minimum absolute atomic E-state index is 0.0514. The molecule has 0 aromatic rings. The van der Waals surface area contributed by atoms with Gasteiger partial charge in [0.15, 0.2) is 12.4 Å². The molecule has 0 aromatic carbocycles. The standard InChI is InChI=1S/C63H105NO10/c1-4-7-10-13-16-19-22-25-27-28-29-31-32-35-38-41-44-47-50-56(67)62(71)64-54(55(66)49-46-43-40-37-34-24-21-18-15-12-9-6-3)53-72-63-61(60(70)59(69)57(52-65)73-63)74-58(68)51-48-45-42-39-36-33-30-26-23-20-17-14-11-8-5-2/h7,10,16-17,19-20,23,25-27,29,31,35,38,44,46-47,49,54-57,59-61,63,65-67,69-70H,4-6,8-9,11-15,18,21-22,24,28,30,32-34,36-37,39-43,45,48,50-53H2,1-3H3,(H,64,71)/b10-7-,19-16-,20-17+,26-23+,27-25-,31-29-,38-35-,47-44-,49-46+. The third-order valence-electron chi connectivity index (χ3n) is 12.9. The topological polar surface area (TPSA) is 175 Å². The van der Waals surface area contributed by atoms with Gasteiger partial charge in [0.25, 0.3) is 0 Å². The number of amides is 1. The molecule has 0 saturated carbocycles. The van der Waals surface area contributed by atoms with Gasteiger partial charge < -0.3 is 45.1 Å². The number of aliphatic hydroxyl groups is 5. The smallest absolute Gasteiger partial charge is 0.306 e. The fourth-order valence-electron chi connectivity index (χ4n) is 8.30. The van der Waals surface area contributed by atoms with Crippen molar-refractivity contribution < 1.29 is 49.3 Å². The highest BCUT2D eigenvalue weighted by molar-refractivity contribution is 5.81. The SMILES string of the molecule is CC/C=C\C/C=C\C/C=C\C/C=C\C/C=C\C/C=C\CC(O)C(=O)NC(COC1OC(CO)C(O)C(O)C1OC(=O)CCCCCCCC/C=C/C=C/CCCCC)C(O)/C=C/CCCCCCCCCCCC. The fraction of sp³-hybridized carbons (Fsp3) is 0.683. The van der Waals surface area contributed by atoms with E-state index < -0.39 is 67.4 Å². The molecule has 0 spiro atoms. The average Bonchev–Trinajstić information content (AvgIpc) is 3.40. The van der Waals surface area contributed by atoms with Crippen LogP contribution in [0.3, 0.4) is 0 Å². The highest BCUT2D eigenvalue weighted by atomic mass is 16.7. The van der Waals surface area contributed by atoms with Crippen LogP contribution in [0.5, 0.6) is 0 Å². The second kappa shape index (κ2) is 50.2. The summed E-state index contributed by atoms with van der Waals surface area (Å²) >= 11 is 0. The summed E-state index contributed by atoms with van der Waals surface area (Å²) in [5.41, 5.74) is 0. The van der Waals surface area contributed by atoms with E-state index in [-0.39, 0.29) is 19.4 Å². The maximum absolute atomic E-state index is 13.4. The lowest BCUT2D eigenvalue weighted by Crippen LogP contribution is -2.61. The van der Waals surface area contributed by atoms with E-state index in [1.165, 1.54) is 64.2 Å². The van der Waals surface area contributed by atoms with Gasteiger partial charge in [-0.05, 0) is 83.5 Å². The molecular formula is C63H105NO10. The lowest BCUT2D eigenvalue weighted by Gasteiger charge is -2.41. The number of rotatable bonds is 47. The van der Waals surface area contributed by atoms with Gasteiger partial charge in [0.2, 0.25) is 5.91 Å². The Labute approximate surface area is 449 Å². The average molecular weight is 1040 g/mol. The van der Waals surface area contributed by atoms with Crippen LogP contribution in [0.15, 0.2) is 109 Å². The predicted octanol–water partition coefficient (Wildman–Crippen LogP) is 13.3. The van der Waals surface area contributed by atoms with E-state index in [9.17, 15) is 35.1 Å². The second-order valence-electron chi connectivity index (χ2n) is 19.7. The van der Waals surface area contributed by atoms with Crippen molar-refractivity contribution in [1.82, 2.24) is 5.32 Å². The molecule has 1 amide bonds. The maximum atomic E-state index is 13.4. The molecule has 1 heterocycles. The van der Waals surface area contributed by atoms with Crippen LogP contribution in [-0.2, 0) is 23.8 Å². The van der Waals surface area contributed by atoms with Gasteiger partial charge in [-0.2, -0.15) is 0 Å². The lowest BCUT2D eigenvalue weighted by molar-refractivity contribution is -0.305. The van der Waals surface area contributed by atoms with E-state index in [0.29, 0.717) is 12.8 Å². The second-order valence-corrected chi connectivity index (χ2v) is 19.7. The molecule has 11 nitrogen and oxygen atoms in total. The van der Waals surface area contributed by atoms with Gasteiger partial charge >= 0.3 is 5.97 Å². The summed E-state index contributed by atoms with van der Waals surface area (Å²) in [7, 11) is 0. The number of esters is 1. The Hall–Kier alpha value is -3.68. The molecule has 1 rings (SSSR count). The minimum atomic E-state index is -1.64. The van der Waals surface area contributed by atoms with Crippen molar-refractivity contribution >= 4 is 11.9 Å². The summed E-state index contributed by atoms with van der Waals surface area (Å²) in [4.78, 5) is 26.4. The van der Waals surface area contributed by atoms with E-state index in [0.717, 1.165) is 103 Å². The summed E-state index contributed by atoms with van der Waals surface area (Å²) < 4.78 is 17.5. The molecule has 11 heteroatoms. The number of hydrogen-bond acceptors (Lipinski definition) is 10. The Kier molecular flexibility index (Phi) is 46.3. The number of unbranched alkanes of at least 4 members (excludes halogenated alkanes) is 19. The molecule has 74 heavy (non-hydrogen) atoms. The normalized spacial score (nSPS) is 20.1. The zero-order valence-corrected chi connectivity index (χ0v) is 46.4. The molecule has 1 aliphatic rings. The Morgan fingerprint density at radius 1 is 0.554 bits per heavy atom. The molecule has 1 aliphatic heterocycles. The van der Waals surface area contributed by atoms with E-state index in [1.54, 1.807) is 12.2 Å². The van der Waals surface area contributed by atoms with Crippen LogP contribution in [0.25, 0.3) is 0 Å². The van der Waals surface area contributed by atoms with Crippen molar-refractivity contribution in [2.75, 3.05) is 13.2 Å². The first-order chi connectivity index (χ1) is 36.2. The molecule has 0 aliphatic carbocycles. The summed E-state index contributed by atoms with van der Waals surface area (Å²) in [6.07, 6.45) is 57.1. The Morgan fingerprint density at radius 2 is 1.00 bits per heavy atom. The number of allylic oxidation sites excluding steroid dienone is 16. The van der Waals surface area contributed by atoms with Gasteiger partial charge in [0.05, 0.1) is 25.4 Å². The summed E-state index contributed by atoms with van der Waals surface area (Å²) in [5.74, 6) is -1.31. The van der Waals surface area contributed by atoms with Gasteiger partial charge in [-0.15, -0.1) is 0 Å². The zero-order valence-electron chi connectivity index (χ0n) is 46.4. The van der Waals surface area contributed by atoms with Crippen molar-refractivity contribution in [3.05, 3.63) is 109 Å². The molecule has 0 radical (unpaired) electrons. The van der Waals surface area contributed by atoms with Crippen LogP contribution in [0, 0.1) is 0 Å². The van der Waals surface area contributed by atoms with Crippen molar-refractivity contribution in [1.29, 1.82) is 0 Å². The number of carbonyl (C=O) groups is 2. The van der Waals surface area contributed by atoms with Crippen LogP contribution >= 0.6 is 0 Å². The first-order valence-electron chi connectivity index (χ1n) is 29.2. The minimum Gasteiger partial charge on any atom is -0.454 e. The van der Waals surface area contributed by atoms with E-state index in [2.05, 4.69) is 105 Å². The van der Waals surface area contributed by atoms with E-state index in [4.69, 9.17) is 14.2 Å². The fourth-order valence-corrected chi connectivity index (χ4v) is 8.30. The first kappa shape index (κ1) is 68.3. The lowest BCUT2D eigenvalue weighted by atomic mass is 9.99. The van der Waals surface area contributed by atoms with Gasteiger partial charge in [0.1, 0.15) is 24.4 Å². The van der Waals surface area contributed by atoms with Gasteiger partial charge in [-0.1, -0.05) is 226 Å². The third kappa shape index (κ3) is 38.0. The largest absolute Gasteiger partial charge is 0.454 e. The molecule has 1 saturated heterocycles. The molecule has 8 atom stereocenters. The molecule has 0 aromatic heterocycles. The van der Waals surface area contributed by atoms with Crippen LogP contribution in [-0.4, -0.2) is 99.6 Å². The highest BCUT2D eigenvalue weighted by Gasteiger charge is 2.47. The molecule has 1 fully saturated rings. The number of aliphatic hydroxyl groups excluding tert-OH is 5. The Morgan fingerprint density at radius 3 is 1.51 bits per heavy atom. The molecule has 6 N–H and O–H groups in total. The first-order valence-corrected chi connectivity index (χ1v) is 29.2. The van der Waals surface area contributed by atoms with Crippen molar-refractivity contribution in [3.8, 4) is 0 Å². The Balaban J connectivity index is 2.80. The predicted molar refractivity (Wildman–Crippen MR) is 305 cm³/mol. The van der Waals surface area contributed by atoms with Crippen molar-refractivity contribution in [2.45, 2.75) is 262 Å². The van der Waals surface area contributed by atoms with Crippen LogP contribution in [0.4, 0.5) is 0 Å². The zero-order chi connectivity index (χ0) is 54.0.